The first kappa shape index (κ1) is 21.3. The predicted octanol–water partition coefficient (Wildman–Crippen LogP) is 4.63. The van der Waals surface area contributed by atoms with Crippen LogP contribution in [0, 0.1) is 12.8 Å². The van der Waals surface area contributed by atoms with Crippen LogP contribution in [0.5, 0.6) is 0 Å². The fourth-order valence-electron chi connectivity index (χ4n) is 4.40. The Morgan fingerprint density at radius 2 is 1.83 bits per heavy atom. The molecule has 30 heavy (non-hydrogen) atoms. The number of nitrogens with one attached hydrogen (secondary N) is 1. The summed E-state index contributed by atoms with van der Waals surface area (Å²) in [6.07, 6.45) is 9.28. The van der Waals surface area contributed by atoms with Crippen LogP contribution in [0.25, 0.3) is 0 Å². The number of anilines is 1. The number of benzene rings is 1. The molecule has 162 valence electrons. The van der Waals surface area contributed by atoms with Gasteiger partial charge in [-0.2, -0.15) is 0 Å². The van der Waals surface area contributed by atoms with E-state index >= 15 is 0 Å². The molecule has 2 aliphatic carbocycles. The zero-order valence-corrected chi connectivity index (χ0v) is 18.4. The minimum absolute atomic E-state index is 0.0342. The summed E-state index contributed by atoms with van der Waals surface area (Å²) in [5, 5.41) is 22.2. The molecule has 0 aliphatic heterocycles. The van der Waals surface area contributed by atoms with Crippen molar-refractivity contribution < 1.29 is 9.90 Å². The summed E-state index contributed by atoms with van der Waals surface area (Å²) < 4.78 is 2.29. The van der Waals surface area contributed by atoms with Gasteiger partial charge in [0.2, 0.25) is 5.91 Å². The fourth-order valence-corrected chi connectivity index (χ4v) is 4.58. The third kappa shape index (κ3) is 5.22. The van der Waals surface area contributed by atoms with Gasteiger partial charge in [0.1, 0.15) is 11.6 Å². The molecule has 1 amide bonds. The molecule has 1 heterocycles. The first-order chi connectivity index (χ1) is 14.5. The lowest BCUT2D eigenvalue weighted by Crippen LogP contribution is -2.19. The summed E-state index contributed by atoms with van der Waals surface area (Å²) in [5.74, 6) is 2.62. The van der Waals surface area contributed by atoms with Gasteiger partial charge in [0.25, 0.3) is 0 Å². The Labute approximate surface area is 183 Å². The van der Waals surface area contributed by atoms with Gasteiger partial charge < -0.3 is 15.0 Å². The van der Waals surface area contributed by atoms with Gasteiger partial charge in [-0.3, -0.25) is 4.79 Å². The molecule has 1 aromatic heterocycles. The maximum atomic E-state index is 12.5. The Morgan fingerprint density at radius 3 is 2.53 bits per heavy atom. The van der Waals surface area contributed by atoms with Crippen LogP contribution in [0.2, 0.25) is 5.02 Å². The maximum absolute atomic E-state index is 12.5. The summed E-state index contributed by atoms with van der Waals surface area (Å²) >= 11 is 6.14. The third-order valence-electron chi connectivity index (χ3n) is 6.46. The molecule has 2 fully saturated rings. The van der Waals surface area contributed by atoms with Gasteiger partial charge in [0.15, 0.2) is 0 Å². The highest BCUT2D eigenvalue weighted by Crippen LogP contribution is 2.37. The number of aryl methyl sites for hydroxylation is 2. The van der Waals surface area contributed by atoms with Gasteiger partial charge in [0.05, 0.1) is 6.10 Å². The molecule has 0 saturated heterocycles. The fraction of sp³-hybridized carbons (Fsp3) is 0.609. The first-order valence-electron chi connectivity index (χ1n) is 11.2. The monoisotopic (exact) mass is 430 g/mol. The van der Waals surface area contributed by atoms with Crippen LogP contribution in [0.15, 0.2) is 18.2 Å². The average molecular weight is 431 g/mol. The molecule has 2 N–H and O–H groups in total. The average Bonchev–Trinajstić information content (AvgIpc) is 3.49. The van der Waals surface area contributed by atoms with E-state index in [-0.39, 0.29) is 12.0 Å². The smallest absolute Gasteiger partial charge is 0.224 e. The lowest BCUT2D eigenvalue weighted by atomic mass is 9.84. The van der Waals surface area contributed by atoms with Crippen LogP contribution >= 0.6 is 11.6 Å². The molecular formula is C23H31ClN4O2. The Bertz CT molecular complexity index is 885. The van der Waals surface area contributed by atoms with Gasteiger partial charge in [-0.25, -0.2) is 0 Å². The second kappa shape index (κ2) is 9.48. The summed E-state index contributed by atoms with van der Waals surface area (Å²) in [7, 11) is 0. The van der Waals surface area contributed by atoms with Crippen molar-refractivity contribution in [1.29, 1.82) is 0 Å². The highest BCUT2D eigenvalue weighted by atomic mass is 35.5. The number of aromatic nitrogens is 3. The van der Waals surface area contributed by atoms with Crippen LogP contribution in [0.3, 0.4) is 0 Å². The molecule has 2 saturated carbocycles. The number of aliphatic hydroxyl groups is 1. The molecule has 4 rings (SSSR count). The molecule has 7 heteroatoms. The molecule has 2 aliphatic rings. The van der Waals surface area contributed by atoms with Crippen LogP contribution in [0.4, 0.5) is 5.69 Å². The Kier molecular flexibility index (Phi) is 6.74. The predicted molar refractivity (Wildman–Crippen MR) is 118 cm³/mol. The molecule has 0 radical (unpaired) electrons. The number of carbonyl (C=O) groups is 1. The normalized spacial score (nSPS) is 21.6. The summed E-state index contributed by atoms with van der Waals surface area (Å²) in [4.78, 5) is 12.5. The van der Waals surface area contributed by atoms with Gasteiger partial charge >= 0.3 is 0 Å². The van der Waals surface area contributed by atoms with Crippen LogP contribution < -0.4 is 5.32 Å². The second-order valence-corrected chi connectivity index (χ2v) is 9.21. The number of amides is 1. The highest BCUT2D eigenvalue weighted by molar-refractivity contribution is 6.31. The molecule has 6 nitrogen and oxygen atoms in total. The molecule has 0 spiro atoms. The zero-order chi connectivity index (χ0) is 21.1. The lowest BCUT2D eigenvalue weighted by Gasteiger charge is -2.25. The van der Waals surface area contributed by atoms with E-state index in [4.69, 9.17) is 11.6 Å². The van der Waals surface area contributed by atoms with Crippen LogP contribution in [0.1, 0.15) is 74.6 Å². The topological polar surface area (TPSA) is 80.0 Å². The van der Waals surface area contributed by atoms with Crippen molar-refractivity contribution in [3.63, 3.8) is 0 Å². The SMILES string of the molecule is Cc1c(Cl)cccc1NC(=O)CCc1nnc(CCC2CCC(O)CC2)n1C1CC1. The number of halogens is 1. The van der Waals surface area contributed by atoms with Crippen molar-refractivity contribution in [3.05, 3.63) is 40.4 Å². The number of rotatable bonds is 8. The Hall–Kier alpha value is -1.92. The van der Waals surface area contributed by atoms with E-state index in [9.17, 15) is 9.90 Å². The number of hydrogen-bond acceptors (Lipinski definition) is 4. The van der Waals surface area contributed by atoms with Gasteiger partial charge in [-0.05, 0) is 75.5 Å². The molecule has 0 unspecified atom stereocenters. The van der Waals surface area contributed by atoms with Crippen molar-refractivity contribution in [2.45, 2.75) is 83.3 Å². The minimum Gasteiger partial charge on any atom is -0.393 e. The standard InChI is InChI=1S/C23H31ClN4O2/c1-15-19(24)3-2-4-20(15)25-23(30)14-13-22-27-26-21(28(22)17-8-9-17)12-7-16-5-10-18(29)11-6-16/h2-4,16-18,29H,5-14H2,1H3,(H,25,30). The van der Waals surface area contributed by atoms with E-state index in [0.717, 1.165) is 61.4 Å². The molecular weight excluding hydrogens is 400 g/mol. The van der Waals surface area contributed by atoms with E-state index in [0.29, 0.717) is 29.8 Å². The number of hydrogen-bond donors (Lipinski definition) is 2. The van der Waals surface area contributed by atoms with Crippen molar-refractivity contribution in [1.82, 2.24) is 14.8 Å². The maximum Gasteiger partial charge on any atom is 0.224 e. The van der Waals surface area contributed by atoms with Gasteiger partial charge in [0, 0.05) is 36.0 Å². The first-order valence-corrected chi connectivity index (χ1v) is 11.5. The molecule has 2 aromatic rings. The van der Waals surface area contributed by atoms with Crippen molar-refractivity contribution >= 4 is 23.2 Å². The molecule has 0 bridgehead atoms. The minimum atomic E-state index is -0.107. The third-order valence-corrected chi connectivity index (χ3v) is 6.87. The molecule has 0 atom stereocenters. The molecule has 1 aromatic carbocycles. The van der Waals surface area contributed by atoms with Crippen molar-refractivity contribution in [2.24, 2.45) is 5.92 Å². The van der Waals surface area contributed by atoms with E-state index in [2.05, 4.69) is 20.1 Å². The summed E-state index contributed by atoms with van der Waals surface area (Å²) in [5.41, 5.74) is 1.64. The quantitative estimate of drug-likeness (QED) is 0.639. The Morgan fingerprint density at radius 1 is 1.13 bits per heavy atom. The van der Waals surface area contributed by atoms with Crippen LogP contribution in [-0.4, -0.2) is 31.9 Å². The Balaban J connectivity index is 1.34. The number of carbonyl (C=O) groups excluding carboxylic acids is 1. The zero-order valence-electron chi connectivity index (χ0n) is 17.6. The summed E-state index contributed by atoms with van der Waals surface area (Å²) in [6.45, 7) is 1.90. The van der Waals surface area contributed by atoms with Crippen molar-refractivity contribution in [2.75, 3.05) is 5.32 Å². The van der Waals surface area contributed by atoms with Gasteiger partial charge in [-0.15, -0.1) is 10.2 Å². The van der Waals surface area contributed by atoms with E-state index < -0.39 is 0 Å². The summed E-state index contributed by atoms with van der Waals surface area (Å²) in [6, 6.07) is 6.03. The van der Waals surface area contributed by atoms with E-state index in [1.165, 1.54) is 12.8 Å². The second-order valence-electron chi connectivity index (χ2n) is 8.81. The number of nitrogens with zero attached hydrogens (tertiary/aromatic N) is 3. The van der Waals surface area contributed by atoms with E-state index in [1.807, 2.05) is 25.1 Å². The van der Waals surface area contributed by atoms with Crippen molar-refractivity contribution in [3.8, 4) is 0 Å². The van der Waals surface area contributed by atoms with Gasteiger partial charge in [-0.1, -0.05) is 17.7 Å². The van der Waals surface area contributed by atoms with Crippen LogP contribution in [-0.2, 0) is 17.6 Å². The highest BCUT2D eigenvalue weighted by Gasteiger charge is 2.30. The lowest BCUT2D eigenvalue weighted by molar-refractivity contribution is -0.116. The number of aliphatic hydroxyl groups excluding tert-OH is 1. The van der Waals surface area contributed by atoms with E-state index in [1.54, 1.807) is 0 Å². The largest absolute Gasteiger partial charge is 0.393 e.